The summed E-state index contributed by atoms with van der Waals surface area (Å²) in [6.45, 7) is 1.94. The topological polar surface area (TPSA) is 35.0 Å². The molecule has 0 aliphatic carbocycles. The third-order valence-electron chi connectivity index (χ3n) is 2.88. The Morgan fingerprint density at radius 1 is 1.20 bits per heavy atom. The summed E-state index contributed by atoms with van der Waals surface area (Å²) in [5.41, 5.74) is 1.67. The van der Waals surface area contributed by atoms with Crippen molar-refractivity contribution in [1.82, 2.24) is 9.97 Å². The van der Waals surface area contributed by atoms with Gasteiger partial charge in [-0.05, 0) is 53.2 Å². The lowest BCUT2D eigenvalue weighted by atomic mass is 10.2. The van der Waals surface area contributed by atoms with Gasteiger partial charge < -0.3 is 4.74 Å². The van der Waals surface area contributed by atoms with E-state index in [0.29, 0.717) is 16.7 Å². The highest BCUT2D eigenvalue weighted by Gasteiger charge is 2.10. The molecule has 3 nitrogen and oxygen atoms in total. The lowest BCUT2D eigenvalue weighted by molar-refractivity contribution is 0.463. The van der Waals surface area contributed by atoms with E-state index in [-0.39, 0.29) is 0 Å². The highest BCUT2D eigenvalue weighted by Crippen LogP contribution is 2.33. The molecule has 2 heterocycles. The van der Waals surface area contributed by atoms with Crippen molar-refractivity contribution in [1.29, 1.82) is 0 Å². The van der Waals surface area contributed by atoms with Crippen LogP contribution in [0.25, 0.3) is 10.9 Å². The molecule has 0 fully saturated rings. The van der Waals surface area contributed by atoms with E-state index in [2.05, 4.69) is 25.9 Å². The second kappa shape index (κ2) is 5.38. The van der Waals surface area contributed by atoms with Gasteiger partial charge in [-0.15, -0.1) is 0 Å². The molecule has 0 aliphatic rings. The predicted molar refractivity (Wildman–Crippen MR) is 83.5 cm³/mol. The van der Waals surface area contributed by atoms with E-state index in [0.717, 1.165) is 20.9 Å². The Hall–Kier alpha value is -1.65. The second-order valence-corrected chi connectivity index (χ2v) is 5.65. The fourth-order valence-corrected chi connectivity index (χ4v) is 2.59. The zero-order valence-electron chi connectivity index (χ0n) is 10.6. The van der Waals surface area contributed by atoms with Crippen molar-refractivity contribution < 1.29 is 4.74 Å². The molecule has 20 heavy (non-hydrogen) atoms. The highest BCUT2D eigenvalue weighted by molar-refractivity contribution is 9.10. The summed E-state index contributed by atoms with van der Waals surface area (Å²) in [5, 5.41) is 1.52. The van der Waals surface area contributed by atoms with E-state index in [9.17, 15) is 0 Å². The molecule has 0 atom stereocenters. The van der Waals surface area contributed by atoms with Gasteiger partial charge in [0.1, 0.15) is 5.52 Å². The summed E-state index contributed by atoms with van der Waals surface area (Å²) >= 11 is 9.55. The van der Waals surface area contributed by atoms with Crippen LogP contribution in [0.15, 0.2) is 47.2 Å². The van der Waals surface area contributed by atoms with Gasteiger partial charge in [-0.25, -0.2) is 4.98 Å². The molecule has 3 rings (SSSR count). The first kappa shape index (κ1) is 13.3. The van der Waals surface area contributed by atoms with Gasteiger partial charge in [-0.1, -0.05) is 11.6 Å². The van der Waals surface area contributed by atoms with Gasteiger partial charge in [-0.3, -0.25) is 4.98 Å². The molecule has 0 unspecified atom stereocenters. The largest absolute Gasteiger partial charge is 0.436 e. The number of fused-ring (bicyclic) bond motifs is 1. The fourth-order valence-electron chi connectivity index (χ4n) is 1.93. The summed E-state index contributed by atoms with van der Waals surface area (Å²) in [7, 11) is 0. The van der Waals surface area contributed by atoms with Crippen LogP contribution >= 0.6 is 27.5 Å². The molecule has 0 spiro atoms. The van der Waals surface area contributed by atoms with Gasteiger partial charge in [0.25, 0.3) is 0 Å². The van der Waals surface area contributed by atoms with Gasteiger partial charge in [0, 0.05) is 27.8 Å². The fraction of sp³-hybridized carbons (Fsp3) is 0.0667. The molecular weight excluding hydrogens is 340 g/mol. The van der Waals surface area contributed by atoms with E-state index in [1.807, 2.05) is 25.1 Å². The Morgan fingerprint density at radius 3 is 2.85 bits per heavy atom. The molecule has 0 bridgehead atoms. The van der Waals surface area contributed by atoms with Crippen LogP contribution in [-0.4, -0.2) is 9.97 Å². The zero-order valence-corrected chi connectivity index (χ0v) is 12.9. The molecule has 5 heteroatoms. The summed E-state index contributed by atoms with van der Waals surface area (Å²) in [5.74, 6) is 1.20. The van der Waals surface area contributed by atoms with Crippen LogP contribution in [0.3, 0.4) is 0 Å². The van der Waals surface area contributed by atoms with Crippen molar-refractivity contribution >= 4 is 38.4 Å². The predicted octanol–water partition coefficient (Wildman–Crippen LogP) is 5.15. The monoisotopic (exact) mass is 348 g/mol. The number of rotatable bonds is 2. The van der Waals surface area contributed by atoms with Crippen LogP contribution in [0, 0.1) is 6.92 Å². The quantitative estimate of drug-likeness (QED) is 0.642. The number of pyridine rings is 2. The van der Waals surface area contributed by atoms with E-state index >= 15 is 0 Å². The number of hydrogen-bond donors (Lipinski definition) is 0. The molecule has 3 aromatic rings. The number of aromatic nitrogens is 2. The maximum Gasteiger partial charge on any atom is 0.222 e. The number of aryl methyl sites for hydroxylation is 1. The summed E-state index contributed by atoms with van der Waals surface area (Å²) in [6.07, 6.45) is 3.42. The van der Waals surface area contributed by atoms with Gasteiger partial charge in [-0.2, -0.15) is 0 Å². The van der Waals surface area contributed by atoms with Crippen LogP contribution in [0.2, 0.25) is 5.02 Å². The highest BCUT2D eigenvalue weighted by atomic mass is 79.9. The molecule has 0 amide bonds. The van der Waals surface area contributed by atoms with Crippen LogP contribution in [0.1, 0.15) is 5.56 Å². The molecule has 2 aromatic heterocycles. The minimum Gasteiger partial charge on any atom is -0.436 e. The standard InChI is InChI=1S/C15H10BrClN2O/c1-9-7-10(16)8-19-15(9)20-13-5-4-12(17)11-3-2-6-18-14(11)13/h2-8H,1H3. The first-order valence-electron chi connectivity index (χ1n) is 5.98. The number of ether oxygens (including phenoxy) is 1. The molecule has 0 N–H and O–H groups in total. The van der Waals surface area contributed by atoms with Crippen molar-refractivity contribution in [2.75, 3.05) is 0 Å². The lowest BCUT2D eigenvalue weighted by Gasteiger charge is -2.10. The minimum absolute atomic E-state index is 0.558. The number of hydrogen-bond acceptors (Lipinski definition) is 3. The van der Waals surface area contributed by atoms with Crippen LogP contribution in [-0.2, 0) is 0 Å². The van der Waals surface area contributed by atoms with Gasteiger partial charge in [0.15, 0.2) is 5.75 Å². The third-order valence-corrected chi connectivity index (χ3v) is 3.65. The number of nitrogens with zero attached hydrogens (tertiary/aromatic N) is 2. The second-order valence-electron chi connectivity index (χ2n) is 4.32. The summed E-state index contributed by atoms with van der Waals surface area (Å²) in [6, 6.07) is 9.32. The third kappa shape index (κ3) is 2.49. The Kier molecular flexibility index (Phi) is 3.59. The number of halogens is 2. The summed E-state index contributed by atoms with van der Waals surface area (Å²) < 4.78 is 6.80. The molecule has 0 saturated heterocycles. The Morgan fingerprint density at radius 2 is 2.05 bits per heavy atom. The van der Waals surface area contributed by atoms with E-state index < -0.39 is 0 Å². The smallest absolute Gasteiger partial charge is 0.222 e. The number of benzene rings is 1. The van der Waals surface area contributed by atoms with Crippen molar-refractivity contribution in [2.24, 2.45) is 0 Å². The van der Waals surface area contributed by atoms with Gasteiger partial charge >= 0.3 is 0 Å². The van der Waals surface area contributed by atoms with E-state index in [1.165, 1.54) is 0 Å². The van der Waals surface area contributed by atoms with Crippen LogP contribution < -0.4 is 4.74 Å². The maximum absolute atomic E-state index is 6.17. The van der Waals surface area contributed by atoms with Crippen LogP contribution in [0.4, 0.5) is 0 Å². The minimum atomic E-state index is 0.558. The van der Waals surface area contributed by atoms with Gasteiger partial charge in [0.2, 0.25) is 5.88 Å². The average molecular weight is 350 g/mol. The summed E-state index contributed by atoms with van der Waals surface area (Å²) in [4.78, 5) is 8.61. The molecular formula is C15H10BrClN2O. The van der Waals surface area contributed by atoms with Crippen LogP contribution in [0.5, 0.6) is 11.6 Å². The normalized spacial score (nSPS) is 10.8. The van der Waals surface area contributed by atoms with Crippen molar-refractivity contribution in [3.63, 3.8) is 0 Å². The Labute approximate surface area is 129 Å². The maximum atomic E-state index is 6.17. The Balaban J connectivity index is 2.09. The molecule has 100 valence electrons. The van der Waals surface area contributed by atoms with Crippen molar-refractivity contribution in [3.8, 4) is 11.6 Å². The molecule has 0 saturated carbocycles. The van der Waals surface area contributed by atoms with Crippen molar-refractivity contribution in [2.45, 2.75) is 6.92 Å². The molecule has 0 radical (unpaired) electrons. The Bertz CT molecular complexity index is 792. The molecule has 0 aliphatic heterocycles. The zero-order chi connectivity index (χ0) is 14.1. The van der Waals surface area contributed by atoms with E-state index in [1.54, 1.807) is 24.5 Å². The first-order valence-corrected chi connectivity index (χ1v) is 7.15. The van der Waals surface area contributed by atoms with Crippen molar-refractivity contribution in [3.05, 3.63) is 57.8 Å². The van der Waals surface area contributed by atoms with E-state index in [4.69, 9.17) is 16.3 Å². The molecule has 1 aromatic carbocycles. The lowest BCUT2D eigenvalue weighted by Crippen LogP contribution is -1.93. The van der Waals surface area contributed by atoms with Gasteiger partial charge in [0.05, 0.1) is 5.02 Å². The first-order chi connectivity index (χ1) is 9.65. The SMILES string of the molecule is Cc1cc(Br)cnc1Oc1ccc(Cl)c2cccnc12. The average Bonchev–Trinajstić information content (AvgIpc) is 2.45.